The molecule has 0 spiro atoms. The smallest absolute Gasteiger partial charge is 0.220 e. The minimum atomic E-state index is -1.98. The van der Waals surface area contributed by atoms with Gasteiger partial charge < -0.3 is 89.9 Å². The summed E-state index contributed by atoms with van der Waals surface area (Å²) in [5.74, 6) is -0.274. The summed E-state index contributed by atoms with van der Waals surface area (Å²) in [6.07, 6.45) is 53.1. The quantitative estimate of drug-likeness (QED) is 0.0199. The first kappa shape index (κ1) is 90.2. The maximum atomic E-state index is 13.4. The first-order valence-corrected chi connectivity index (χ1v) is 39.3. The number of allylic oxidation sites excluding steroid dienone is 13. The van der Waals surface area contributed by atoms with Gasteiger partial charge in [-0.1, -0.05) is 292 Å². The van der Waals surface area contributed by atoms with Crippen LogP contribution < -0.4 is 5.32 Å². The largest absolute Gasteiger partial charge is 0.394 e. The summed E-state index contributed by atoms with van der Waals surface area (Å²) in [4.78, 5) is 13.4. The number of carbonyl (C=O) groups excluding carboxylic acids is 1. The van der Waals surface area contributed by atoms with Gasteiger partial charge in [0.15, 0.2) is 18.9 Å². The second kappa shape index (κ2) is 60.3. The van der Waals surface area contributed by atoms with Crippen LogP contribution >= 0.6 is 0 Å². The Morgan fingerprint density at radius 3 is 1.09 bits per heavy atom. The van der Waals surface area contributed by atoms with E-state index < -0.39 is 124 Å². The van der Waals surface area contributed by atoms with Crippen molar-refractivity contribution in [2.75, 3.05) is 26.4 Å². The normalized spacial score (nSPS) is 27.1. The predicted octanol–water partition coefficient (Wildman–Crippen LogP) is 12.6. The fourth-order valence-corrected chi connectivity index (χ4v) is 12.9. The van der Waals surface area contributed by atoms with E-state index in [0.717, 1.165) is 83.5 Å². The maximum Gasteiger partial charge on any atom is 0.220 e. The van der Waals surface area contributed by atoms with Crippen molar-refractivity contribution < 1.29 is 89.4 Å². The maximum absolute atomic E-state index is 13.4. The second-order valence-corrected chi connectivity index (χ2v) is 27.8. The number of rotatable bonds is 61. The average Bonchev–Trinajstić information content (AvgIpc) is 0.785. The van der Waals surface area contributed by atoms with Gasteiger partial charge >= 0.3 is 0 Å². The van der Waals surface area contributed by atoms with Gasteiger partial charge in [-0.15, -0.1) is 0 Å². The molecule has 17 unspecified atom stereocenters. The van der Waals surface area contributed by atoms with Crippen LogP contribution in [0.15, 0.2) is 85.1 Å². The highest BCUT2D eigenvalue weighted by atomic mass is 16.8. The fourth-order valence-electron chi connectivity index (χ4n) is 12.9. The molecule has 3 rings (SSSR count). The molecule has 3 aliphatic heterocycles. The second-order valence-electron chi connectivity index (χ2n) is 27.8. The Bertz CT molecular complexity index is 2120. The number of unbranched alkanes of at least 4 members (excludes halogenated alkanes) is 33. The number of hydrogen-bond donors (Lipinski definition) is 12. The Hall–Kier alpha value is -3.03. The molecule has 0 bridgehead atoms. The number of aliphatic hydroxyl groups is 11. The SMILES string of the molecule is CC/C=C\C/C=C\C/C=C\C/C=C\C/C=C\C/C=C\CCCCCCCCCCCCCCCCCCCCCCCCC(=O)NC(COC1OC(CO)C(OC2OC(CO)C(OC3OC(CO)C(O)C(O)C3O)C(O)C2O)C(O)C1O)C(O)/C=C/CCCCCCCCCCCCC. The first-order valence-electron chi connectivity index (χ1n) is 39.3. The lowest BCUT2D eigenvalue weighted by atomic mass is 9.96. The van der Waals surface area contributed by atoms with Crippen molar-refractivity contribution in [3.8, 4) is 0 Å². The Labute approximate surface area is 597 Å². The highest BCUT2D eigenvalue weighted by Crippen LogP contribution is 2.33. The molecule has 0 aromatic carbocycles. The van der Waals surface area contributed by atoms with Crippen molar-refractivity contribution in [3.05, 3.63) is 85.1 Å². The summed E-state index contributed by atoms with van der Waals surface area (Å²) in [6.45, 7) is 1.62. The van der Waals surface area contributed by atoms with Crippen molar-refractivity contribution in [1.29, 1.82) is 0 Å². The molecular formula is C80H141NO18. The summed E-state index contributed by atoms with van der Waals surface area (Å²) in [5.41, 5.74) is 0. The molecule has 0 saturated carbocycles. The van der Waals surface area contributed by atoms with Gasteiger partial charge in [-0.3, -0.25) is 4.79 Å². The van der Waals surface area contributed by atoms with Gasteiger partial charge in [0.05, 0.1) is 38.6 Å². The van der Waals surface area contributed by atoms with Gasteiger partial charge in [0.25, 0.3) is 0 Å². The molecule has 3 aliphatic rings. The predicted molar refractivity (Wildman–Crippen MR) is 392 cm³/mol. The van der Waals surface area contributed by atoms with Gasteiger partial charge in [0.2, 0.25) is 5.91 Å². The molecule has 0 aliphatic carbocycles. The van der Waals surface area contributed by atoms with E-state index in [1.165, 1.54) is 173 Å². The molecule has 0 aromatic rings. The van der Waals surface area contributed by atoms with E-state index in [4.69, 9.17) is 28.4 Å². The summed E-state index contributed by atoms with van der Waals surface area (Å²) in [6, 6.07) is -0.974. The van der Waals surface area contributed by atoms with Crippen LogP contribution in [0.25, 0.3) is 0 Å². The van der Waals surface area contributed by atoms with E-state index in [0.29, 0.717) is 6.42 Å². The third-order valence-electron chi connectivity index (χ3n) is 19.2. The van der Waals surface area contributed by atoms with Crippen molar-refractivity contribution in [3.63, 3.8) is 0 Å². The third-order valence-corrected chi connectivity index (χ3v) is 19.2. The molecule has 17 atom stereocenters. The third kappa shape index (κ3) is 40.7. The van der Waals surface area contributed by atoms with Crippen LogP contribution in [-0.2, 0) is 33.2 Å². The number of nitrogens with one attached hydrogen (secondary N) is 1. The lowest BCUT2D eigenvalue weighted by Gasteiger charge is -2.48. The van der Waals surface area contributed by atoms with E-state index in [9.17, 15) is 61.0 Å². The van der Waals surface area contributed by atoms with Crippen molar-refractivity contribution in [2.24, 2.45) is 0 Å². The Morgan fingerprint density at radius 1 is 0.374 bits per heavy atom. The van der Waals surface area contributed by atoms with Crippen LogP contribution in [0, 0.1) is 0 Å². The van der Waals surface area contributed by atoms with Gasteiger partial charge in [-0.05, 0) is 70.6 Å². The van der Waals surface area contributed by atoms with Gasteiger partial charge in [-0.25, -0.2) is 0 Å². The summed E-state index contributed by atoms with van der Waals surface area (Å²) < 4.78 is 34.4. The molecule has 0 radical (unpaired) electrons. The van der Waals surface area contributed by atoms with Crippen LogP contribution in [0.5, 0.6) is 0 Å². The van der Waals surface area contributed by atoms with Crippen LogP contribution in [-0.4, -0.2) is 193 Å². The molecule has 19 nitrogen and oxygen atoms in total. The number of amides is 1. The van der Waals surface area contributed by atoms with Gasteiger partial charge in [0, 0.05) is 6.42 Å². The molecule has 574 valence electrons. The molecule has 12 N–H and O–H groups in total. The first-order chi connectivity index (χ1) is 48.3. The van der Waals surface area contributed by atoms with Crippen molar-refractivity contribution in [1.82, 2.24) is 5.32 Å². The van der Waals surface area contributed by atoms with Crippen LogP contribution in [0.4, 0.5) is 0 Å². The molecule has 3 saturated heterocycles. The molecule has 19 heteroatoms. The lowest BCUT2D eigenvalue weighted by Crippen LogP contribution is -2.66. The summed E-state index contributed by atoms with van der Waals surface area (Å²) in [7, 11) is 0. The van der Waals surface area contributed by atoms with E-state index in [1.807, 2.05) is 6.08 Å². The topological polar surface area (TPSA) is 307 Å². The number of ether oxygens (including phenoxy) is 6. The lowest BCUT2D eigenvalue weighted by molar-refractivity contribution is -0.379. The standard InChI is InChI=1S/C80H141NO18/c1-3-5-7-9-11-13-15-17-18-19-20-21-22-23-24-25-26-27-28-29-30-31-32-33-34-35-36-37-38-39-40-41-42-43-44-46-48-50-52-54-56-58-68(86)81-63(64(85)57-55-53-51-49-47-45-16-14-12-10-8-6-4-2)62-94-78-74(92)71(89)76(66(60-83)96-78)99-80-75(93)72(90)77(67(61-84)97-80)98-79-73(91)70(88)69(87)65(59-82)95-79/h5,7,11,13,17-18,20-21,23-24,26-27,55,57,63-67,69-80,82-85,87-93H,3-4,6,8-10,12,14-16,19,22,25,28-54,56,58-62H2,1-2H3,(H,81,86)/b7-5-,13-11-,18-17-,21-20-,24-23-,27-26-,57-55+. The summed E-state index contributed by atoms with van der Waals surface area (Å²) in [5, 5.41) is 121. The molecule has 1 amide bonds. The van der Waals surface area contributed by atoms with Gasteiger partial charge in [-0.2, -0.15) is 0 Å². The highest BCUT2D eigenvalue weighted by Gasteiger charge is 2.53. The molecule has 0 aromatic heterocycles. The Balaban J connectivity index is 1.28. The zero-order valence-corrected chi connectivity index (χ0v) is 61.2. The monoisotopic (exact) mass is 1400 g/mol. The minimum absolute atomic E-state index is 0.244. The van der Waals surface area contributed by atoms with Crippen molar-refractivity contribution >= 4 is 5.91 Å². The van der Waals surface area contributed by atoms with E-state index >= 15 is 0 Å². The van der Waals surface area contributed by atoms with Crippen LogP contribution in [0.1, 0.15) is 284 Å². The Kier molecular flexibility index (Phi) is 54.9. The molecule has 3 heterocycles. The fraction of sp³-hybridized carbons (Fsp3) is 0.812. The molecular weight excluding hydrogens is 1260 g/mol. The average molecular weight is 1400 g/mol. The van der Waals surface area contributed by atoms with E-state index in [-0.39, 0.29) is 18.9 Å². The number of hydrogen-bond acceptors (Lipinski definition) is 18. The summed E-state index contributed by atoms with van der Waals surface area (Å²) >= 11 is 0. The van der Waals surface area contributed by atoms with Gasteiger partial charge in [0.1, 0.15) is 73.2 Å². The van der Waals surface area contributed by atoms with Crippen molar-refractivity contribution in [2.45, 2.75) is 388 Å². The zero-order chi connectivity index (χ0) is 71.8. The molecule has 99 heavy (non-hydrogen) atoms. The molecule has 3 fully saturated rings. The number of aliphatic hydroxyl groups excluding tert-OH is 11. The van der Waals surface area contributed by atoms with Crippen LogP contribution in [0.3, 0.4) is 0 Å². The highest BCUT2D eigenvalue weighted by molar-refractivity contribution is 5.76. The van der Waals surface area contributed by atoms with E-state index in [2.05, 4.69) is 92.1 Å². The van der Waals surface area contributed by atoms with E-state index in [1.54, 1.807) is 6.08 Å². The zero-order valence-electron chi connectivity index (χ0n) is 61.2. The number of carbonyl (C=O) groups is 1. The minimum Gasteiger partial charge on any atom is -0.394 e. The Morgan fingerprint density at radius 2 is 0.697 bits per heavy atom. The van der Waals surface area contributed by atoms with Crippen LogP contribution in [0.2, 0.25) is 0 Å².